The van der Waals surface area contributed by atoms with Gasteiger partial charge in [0.25, 0.3) is 5.91 Å². The first-order chi connectivity index (χ1) is 25.1. The van der Waals surface area contributed by atoms with Crippen LogP contribution in [0.4, 0.5) is 0 Å². The Kier molecular flexibility index (Phi) is 11.2. The van der Waals surface area contributed by atoms with E-state index in [1.807, 2.05) is 48.5 Å². The highest BCUT2D eigenvalue weighted by molar-refractivity contribution is 5.95. The van der Waals surface area contributed by atoms with Crippen molar-refractivity contribution in [2.45, 2.75) is 63.4 Å². The molecule has 2 bridgehead atoms. The van der Waals surface area contributed by atoms with Crippen molar-refractivity contribution >= 4 is 34.7 Å². The summed E-state index contributed by atoms with van der Waals surface area (Å²) in [4.78, 5) is 68.6. The van der Waals surface area contributed by atoms with E-state index >= 15 is 0 Å². The summed E-state index contributed by atoms with van der Waals surface area (Å²) in [5, 5.41) is 11.1. The number of carbonyl (C=O) groups is 4. The monoisotopic (exact) mass is 712 g/mol. The standard InChI is InChI=1S/C38H44N6O8/c1-25-33(45)39-18-23-50-28-12-14-29(15-13-28)52-38(16-19-43(20-17-38)21-22-44-31-10-6-7-11-32(31)51-37(44)49)36(48)41-26(2)34(46)42-30(35(47)40-25)24-27-8-4-3-5-9-27/h3-15,25-26,30H,16-24H2,1-2H3,(H,39,45)(H,40,47)(H,41,48)(H,42,46)/t25-,26-,30-/m0/s1. The molecule has 3 aliphatic heterocycles. The van der Waals surface area contributed by atoms with Gasteiger partial charge >= 0.3 is 5.76 Å². The Balaban J connectivity index is 1.20. The van der Waals surface area contributed by atoms with Crippen LogP contribution in [0.3, 0.4) is 0 Å². The first kappa shape index (κ1) is 36.2. The van der Waals surface area contributed by atoms with Gasteiger partial charge in [0.2, 0.25) is 17.7 Å². The van der Waals surface area contributed by atoms with Crippen molar-refractivity contribution in [1.82, 2.24) is 30.7 Å². The smallest absolute Gasteiger partial charge is 0.419 e. The quantitative estimate of drug-likeness (QED) is 0.225. The Morgan fingerprint density at radius 3 is 2.15 bits per heavy atom. The molecule has 4 aromatic rings. The average Bonchev–Trinajstić information content (AvgIpc) is 3.47. The fourth-order valence-corrected chi connectivity index (χ4v) is 6.44. The van der Waals surface area contributed by atoms with Crippen LogP contribution in [-0.4, -0.2) is 89.6 Å². The molecule has 4 heterocycles. The molecule has 7 rings (SSSR count). The molecule has 0 radical (unpaired) electrons. The number of nitrogens with one attached hydrogen (secondary N) is 4. The molecule has 14 heteroatoms. The minimum Gasteiger partial charge on any atom is -0.492 e. The van der Waals surface area contributed by atoms with E-state index in [0.717, 1.165) is 11.1 Å². The SMILES string of the molecule is C[C@@H]1NC(=O)[C@H](Cc2ccccc2)NC(=O)[C@H](C)NC(=O)C2(CCN(CCn3c(=O)oc4ccccc43)CC2)Oc2ccc(cc2)OCCNC1=O. The third kappa shape index (κ3) is 8.62. The minimum absolute atomic E-state index is 0.167. The lowest BCUT2D eigenvalue weighted by Crippen LogP contribution is -2.61. The lowest BCUT2D eigenvalue weighted by Gasteiger charge is -2.41. The molecule has 0 aliphatic carbocycles. The number of likely N-dealkylation sites (tertiary alicyclic amines) is 1. The number of nitrogens with zero attached hydrogens (tertiary/aromatic N) is 2. The second kappa shape index (κ2) is 16.1. The van der Waals surface area contributed by atoms with Crippen LogP contribution in [0.2, 0.25) is 0 Å². The van der Waals surface area contributed by atoms with Crippen molar-refractivity contribution in [3.8, 4) is 11.5 Å². The number of amides is 4. The molecule has 274 valence electrons. The summed E-state index contributed by atoms with van der Waals surface area (Å²) in [6.45, 7) is 5.43. The third-order valence-electron chi connectivity index (χ3n) is 9.51. The van der Waals surface area contributed by atoms with Gasteiger partial charge in [-0.15, -0.1) is 0 Å². The number of benzene rings is 3. The molecule has 52 heavy (non-hydrogen) atoms. The van der Waals surface area contributed by atoms with Crippen LogP contribution in [0.5, 0.6) is 11.5 Å². The zero-order chi connectivity index (χ0) is 36.7. The van der Waals surface area contributed by atoms with Crippen LogP contribution in [0.25, 0.3) is 11.1 Å². The molecule has 4 amide bonds. The van der Waals surface area contributed by atoms with Crippen molar-refractivity contribution in [2.24, 2.45) is 0 Å². The molecule has 1 fully saturated rings. The fraction of sp³-hybridized carbons (Fsp3) is 0.395. The zero-order valence-electron chi connectivity index (χ0n) is 29.3. The molecular weight excluding hydrogens is 668 g/mol. The molecule has 14 nitrogen and oxygen atoms in total. The first-order valence-corrected chi connectivity index (χ1v) is 17.6. The van der Waals surface area contributed by atoms with Gasteiger partial charge in [0.15, 0.2) is 11.2 Å². The second-order valence-corrected chi connectivity index (χ2v) is 13.2. The maximum atomic E-state index is 14.1. The van der Waals surface area contributed by atoms with E-state index in [-0.39, 0.29) is 19.6 Å². The predicted molar refractivity (Wildman–Crippen MR) is 192 cm³/mol. The molecule has 3 aromatic carbocycles. The molecule has 0 unspecified atom stereocenters. The van der Waals surface area contributed by atoms with Crippen molar-refractivity contribution < 1.29 is 33.1 Å². The number of rotatable bonds is 5. The predicted octanol–water partition coefficient (Wildman–Crippen LogP) is 1.75. The first-order valence-electron chi connectivity index (χ1n) is 17.6. The van der Waals surface area contributed by atoms with Gasteiger partial charge in [-0.05, 0) is 55.8 Å². The summed E-state index contributed by atoms with van der Waals surface area (Å²) in [5.41, 5.74) is 0.745. The molecule has 3 atom stereocenters. The molecule has 0 saturated carbocycles. The highest BCUT2D eigenvalue weighted by Gasteiger charge is 2.45. The summed E-state index contributed by atoms with van der Waals surface area (Å²) in [7, 11) is 0. The van der Waals surface area contributed by atoms with Crippen molar-refractivity contribution in [3.63, 3.8) is 0 Å². The highest BCUT2D eigenvalue weighted by Crippen LogP contribution is 2.31. The van der Waals surface area contributed by atoms with Crippen LogP contribution in [0.1, 0.15) is 32.3 Å². The van der Waals surface area contributed by atoms with Gasteiger partial charge in [-0.3, -0.25) is 23.7 Å². The van der Waals surface area contributed by atoms with Crippen LogP contribution < -0.4 is 36.5 Å². The number of hydrogen-bond donors (Lipinski definition) is 4. The Bertz CT molecular complexity index is 1930. The average molecular weight is 713 g/mol. The van der Waals surface area contributed by atoms with Gasteiger partial charge in [-0.2, -0.15) is 0 Å². The molecule has 4 N–H and O–H groups in total. The van der Waals surface area contributed by atoms with Crippen LogP contribution >= 0.6 is 0 Å². The third-order valence-corrected chi connectivity index (χ3v) is 9.51. The van der Waals surface area contributed by atoms with E-state index in [0.29, 0.717) is 56.1 Å². The van der Waals surface area contributed by atoms with Crippen molar-refractivity contribution in [1.29, 1.82) is 0 Å². The normalized spacial score (nSPS) is 22.1. The summed E-state index contributed by atoms with van der Waals surface area (Å²) < 4.78 is 19.3. The molecule has 3 aliphatic rings. The zero-order valence-corrected chi connectivity index (χ0v) is 29.3. The summed E-state index contributed by atoms with van der Waals surface area (Å²) in [5.74, 6) is -1.40. The number of ether oxygens (including phenoxy) is 2. The number of hydrogen-bond acceptors (Lipinski definition) is 9. The van der Waals surface area contributed by atoms with Gasteiger partial charge in [0.05, 0.1) is 12.1 Å². The van der Waals surface area contributed by atoms with Gasteiger partial charge in [0.1, 0.15) is 36.2 Å². The lowest BCUT2D eigenvalue weighted by atomic mass is 9.89. The number of carbonyl (C=O) groups excluding carboxylic acids is 4. The van der Waals surface area contributed by atoms with Gasteiger partial charge < -0.3 is 40.1 Å². The van der Waals surface area contributed by atoms with Crippen LogP contribution in [0, 0.1) is 0 Å². The van der Waals surface area contributed by atoms with E-state index in [4.69, 9.17) is 13.9 Å². The van der Waals surface area contributed by atoms with E-state index in [2.05, 4.69) is 26.2 Å². The van der Waals surface area contributed by atoms with Gasteiger partial charge in [-0.1, -0.05) is 42.5 Å². The maximum Gasteiger partial charge on any atom is 0.419 e. The minimum atomic E-state index is -1.31. The van der Waals surface area contributed by atoms with Crippen LogP contribution in [0.15, 0.2) is 88.1 Å². The van der Waals surface area contributed by atoms with Crippen molar-refractivity contribution in [2.75, 3.05) is 32.8 Å². The number of aromatic nitrogens is 1. The Labute approximate surface area is 300 Å². The van der Waals surface area contributed by atoms with E-state index in [1.54, 1.807) is 48.7 Å². The molecule has 1 saturated heterocycles. The van der Waals surface area contributed by atoms with Crippen LogP contribution in [-0.2, 0) is 32.1 Å². The summed E-state index contributed by atoms with van der Waals surface area (Å²) in [6, 6.07) is 20.4. The molecule has 1 spiro atoms. The number of oxazole rings is 1. The van der Waals surface area contributed by atoms with E-state index < -0.39 is 53.1 Å². The topological polar surface area (TPSA) is 173 Å². The number of fused-ring (bicyclic) bond motifs is 16. The maximum absolute atomic E-state index is 14.1. The fourth-order valence-electron chi connectivity index (χ4n) is 6.44. The number of para-hydroxylation sites is 2. The van der Waals surface area contributed by atoms with E-state index in [1.165, 1.54) is 0 Å². The lowest BCUT2D eigenvalue weighted by molar-refractivity contribution is -0.144. The Hall–Kier alpha value is -5.63. The summed E-state index contributed by atoms with van der Waals surface area (Å²) >= 11 is 0. The Morgan fingerprint density at radius 1 is 0.731 bits per heavy atom. The largest absolute Gasteiger partial charge is 0.492 e. The Morgan fingerprint density at radius 2 is 1.40 bits per heavy atom. The summed E-state index contributed by atoms with van der Waals surface area (Å²) in [6.07, 6.45) is 0.784. The van der Waals surface area contributed by atoms with Gasteiger partial charge in [0, 0.05) is 45.4 Å². The second-order valence-electron chi connectivity index (χ2n) is 13.2. The number of piperidine rings is 1. The van der Waals surface area contributed by atoms with E-state index in [9.17, 15) is 24.0 Å². The molecular formula is C38H44N6O8. The molecule has 1 aromatic heterocycles. The highest BCUT2D eigenvalue weighted by atomic mass is 16.5. The van der Waals surface area contributed by atoms with Crippen molar-refractivity contribution in [3.05, 3.63) is 95.0 Å². The van der Waals surface area contributed by atoms with Gasteiger partial charge in [-0.25, -0.2) is 4.79 Å².